The summed E-state index contributed by atoms with van der Waals surface area (Å²) in [6.07, 6.45) is 1.82. The van der Waals surface area contributed by atoms with Crippen LogP contribution in [0.3, 0.4) is 0 Å². The molecule has 1 saturated heterocycles. The second kappa shape index (κ2) is 10.3. The Hall–Kier alpha value is -2.70. The molecule has 1 fully saturated rings. The second-order valence-corrected chi connectivity index (χ2v) is 9.67. The molecule has 1 aliphatic rings. The lowest BCUT2D eigenvalue weighted by Gasteiger charge is -2.32. The topological polar surface area (TPSA) is 56.7 Å². The Morgan fingerprint density at radius 3 is 2.50 bits per heavy atom. The average Bonchev–Trinajstić information content (AvgIpc) is 3.29. The number of benzene rings is 2. The largest absolute Gasteiger partial charge is 0.481 e. The number of anilines is 1. The summed E-state index contributed by atoms with van der Waals surface area (Å²) in [6, 6.07) is 17.2. The third kappa shape index (κ3) is 5.75. The van der Waals surface area contributed by atoms with Crippen molar-refractivity contribution in [2.45, 2.75) is 26.2 Å². The van der Waals surface area contributed by atoms with Gasteiger partial charge in [-0.3, -0.25) is 4.79 Å². The van der Waals surface area contributed by atoms with Crippen LogP contribution in [0.25, 0.3) is 22.4 Å². The molecule has 6 heteroatoms. The zero-order valence-electron chi connectivity index (χ0n) is 18.8. The highest BCUT2D eigenvalue weighted by Gasteiger charge is 2.17. The number of nitrogens with zero attached hydrogens (tertiary/aromatic N) is 3. The summed E-state index contributed by atoms with van der Waals surface area (Å²) in [4.78, 5) is 20.5. The average molecular weight is 450 g/mol. The van der Waals surface area contributed by atoms with Gasteiger partial charge in [-0.25, -0.2) is 4.98 Å². The third-order valence-corrected chi connectivity index (χ3v) is 7.02. The molecule has 0 saturated carbocycles. The van der Waals surface area contributed by atoms with E-state index in [1.165, 1.54) is 16.7 Å². The van der Waals surface area contributed by atoms with E-state index in [1.807, 2.05) is 0 Å². The fraction of sp³-hybridized carbons (Fsp3) is 0.385. The molecular formula is C26H31N3O2S. The van der Waals surface area contributed by atoms with Crippen molar-refractivity contribution in [1.29, 1.82) is 0 Å². The van der Waals surface area contributed by atoms with Crippen molar-refractivity contribution in [3.8, 4) is 22.4 Å². The number of carboxylic acids is 1. The van der Waals surface area contributed by atoms with Crippen molar-refractivity contribution in [2.24, 2.45) is 5.92 Å². The molecule has 5 nitrogen and oxygen atoms in total. The number of aliphatic carboxylic acids is 1. The van der Waals surface area contributed by atoms with Gasteiger partial charge >= 0.3 is 5.97 Å². The maximum atomic E-state index is 10.8. The van der Waals surface area contributed by atoms with Crippen LogP contribution in [0.5, 0.6) is 0 Å². The first-order chi connectivity index (χ1) is 15.5. The zero-order chi connectivity index (χ0) is 22.5. The Kier molecular flexibility index (Phi) is 7.22. The number of piperazine rings is 1. The van der Waals surface area contributed by atoms with Crippen molar-refractivity contribution in [3.63, 3.8) is 0 Å². The van der Waals surface area contributed by atoms with Gasteiger partial charge in [0.1, 0.15) is 0 Å². The van der Waals surface area contributed by atoms with Crippen LogP contribution in [0.2, 0.25) is 0 Å². The van der Waals surface area contributed by atoms with E-state index in [2.05, 4.69) is 77.7 Å². The van der Waals surface area contributed by atoms with Gasteiger partial charge in [0, 0.05) is 43.5 Å². The number of hydrogen-bond acceptors (Lipinski definition) is 5. The van der Waals surface area contributed by atoms with Crippen LogP contribution in [0.4, 0.5) is 5.13 Å². The van der Waals surface area contributed by atoms with Crippen molar-refractivity contribution in [2.75, 3.05) is 38.1 Å². The number of hydrogen-bond donors (Lipinski definition) is 1. The smallest absolute Gasteiger partial charge is 0.303 e. The molecular weight excluding hydrogens is 418 g/mol. The Balaban J connectivity index is 1.48. The Morgan fingerprint density at radius 1 is 1.06 bits per heavy atom. The van der Waals surface area contributed by atoms with Gasteiger partial charge in [-0.05, 0) is 48.6 Å². The fourth-order valence-electron chi connectivity index (χ4n) is 4.15. The molecule has 1 N–H and O–H groups in total. The summed E-state index contributed by atoms with van der Waals surface area (Å²) < 4.78 is 0. The van der Waals surface area contributed by atoms with Crippen LogP contribution < -0.4 is 4.90 Å². The van der Waals surface area contributed by atoms with Gasteiger partial charge in [0.15, 0.2) is 5.13 Å². The second-order valence-electron chi connectivity index (χ2n) is 8.83. The van der Waals surface area contributed by atoms with Gasteiger partial charge in [-0.2, -0.15) is 0 Å². The predicted octanol–water partition coefficient (Wildman–Crippen LogP) is 5.27. The number of carboxylic acid groups (broad SMARTS) is 1. The molecule has 168 valence electrons. The first kappa shape index (κ1) is 22.5. The molecule has 0 aliphatic carbocycles. The molecule has 0 spiro atoms. The van der Waals surface area contributed by atoms with Crippen LogP contribution in [-0.2, 0) is 11.2 Å². The molecule has 0 amide bonds. The first-order valence-electron chi connectivity index (χ1n) is 11.3. The minimum atomic E-state index is -0.722. The quantitative estimate of drug-likeness (QED) is 0.508. The summed E-state index contributed by atoms with van der Waals surface area (Å²) in [7, 11) is 2.17. The summed E-state index contributed by atoms with van der Waals surface area (Å²) >= 11 is 1.72. The monoisotopic (exact) mass is 449 g/mol. The van der Waals surface area contributed by atoms with Crippen LogP contribution in [0, 0.1) is 5.92 Å². The van der Waals surface area contributed by atoms with E-state index in [9.17, 15) is 4.79 Å². The lowest BCUT2D eigenvalue weighted by atomic mass is 9.94. The Morgan fingerprint density at radius 2 is 1.75 bits per heavy atom. The number of thiazole rings is 1. The zero-order valence-corrected chi connectivity index (χ0v) is 19.6. The van der Waals surface area contributed by atoms with E-state index in [0.717, 1.165) is 49.0 Å². The molecule has 0 bridgehead atoms. The Bertz CT molecular complexity index is 1060. The number of carbonyl (C=O) groups is 1. The maximum absolute atomic E-state index is 10.8. The van der Waals surface area contributed by atoms with E-state index in [1.54, 1.807) is 11.3 Å². The highest BCUT2D eigenvalue weighted by Crippen LogP contribution is 2.31. The molecule has 1 aromatic heterocycles. The number of rotatable bonds is 8. The highest BCUT2D eigenvalue weighted by atomic mass is 32.1. The summed E-state index contributed by atoms with van der Waals surface area (Å²) in [5, 5.41) is 12.2. The molecule has 1 unspecified atom stereocenters. The van der Waals surface area contributed by atoms with Crippen molar-refractivity contribution >= 4 is 22.4 Å². The van der Waals surface area contributed by atoms with Gasteiger partial charge in [0.2, 0.25) is 0 Å². The van der Waals surface area contributed by atoms with E-state index in [0.29, 0.717) is 12.3 Å². The van der Waals surface area contributed by atoms with Crippen LogP contribution >= 0.6 is 11.3 Å². The van der Waals surface area contributed by atoms with Gasteiger partial charge in [0.25, 0.3) is 0 Å². The van der Waals surface area contributed by atoms with Crippen LogP contribution in [0.15, 0.2) is 53.9 Å². The molecule has 3 aromatic rings. The fourth-order valence-corrected chi connectivity index (χ4v) is 5.04. The summed E-state index contributed by atoms with van der Waals surface area (Å²) in [5.74, 6) is -0.379. The predicted molar refractivity (Wildman–Crippen MR) is 132 cm³/mol. The molecule has 2 heterocycles. The van der Waals surface area contributed by atoms with Gasteiger partial charge in [-0.1, -0.05) is 49.4 Å². The van der Waals surface area contributed by atoms with E-state index >= 15 is 0 Å². The van der Waals surface area contributed by atoms with E-state index in [4.69, 9.17) is 10.1 Å². The molecule has 1 aliphatic heterocycles. The van der Waals surface area contributed by atoms with E-state index in [-0.39, 0.29) is 6.42 Å². The lowest BCUT2D eigenvalue weighted by molar-refractivity contribution is -0.137. The minimum Gasteiger partial charge on any atom is -0.481 e. The minimum absolute atomic E-state index is 0.229. The van der Waals surface area contributed by atoms with Crippen LogP contribution in [0.1, 0.15) is 25.3 Å². The van der Waals surface area contributed by atoms with Gasteiger partial charge in [-0.15, -0.1) is 11.3 Å². The maximum Gasteiger partial charge on any atom is 0.303 e. The number of aromatic nitrogens is 1. The van der Waals surface area contributed by atoms with Crippen molar-refractivity contribution in [3.05, 3.63) is 59.5 Å². The molecule has 2 aromatic carbocycles. The molecule has 4 rings (SSSR count). The summed E-state index contributed by atoms with van der Waals surface area (Å²) in [6.45, 7) is 6.34. The van der Waals surface area contributed by atoms with Gasteiger partial charge in [0.05, 0.1) is 5.69 Å². The molecule has 1 atom stereocenters. The molecule has 0 radical (unpaired) electrons. The normalized spacial score (nSPS) is 15.6. The lowest BCUT2D eigenvalue weighted by Crippen LogP contribution is -2.44. The Labute approximate surface area is 194 Å². The summed E-state index contributed by atoms with van der Waals surface area (Å²) in [5.41, 5.74) is 5.78. The molecule has 32 heavy (non-hydrogen) atoms. The van der Waals surface area contributed by atoms with E-state index < -0.39 is 5.97 Å². The van der Waals surface area contributed by atoms with Gasteiger partial charge < -0.3 is 14.9 Å². The highest BCUT2D eigenvalue weighted by molar-refractivity contribution is 7.14. The third-order valence-electron chi connectivity index (χ3n) is 6.12. The SMILES string of the molecule is CC(CCC(=O)O)Cc1cccc(-c2cccc(-c3csc(N4CCN(C)CC4)n3)c2)c1. The van der Waals surface area contributed by atoms with Crippen LogP contribution in [-0.4, -0.2) is 54.2 Å². The number of likely N-dealkylation sites (N-methyl/N-ethyl adjacent to an activating group) is 1. The first-order valence-corrected chi connectivity index (χ1v) is 12.2. The van der Waals surface area contributed by atoms with Crippen molar-refractivity contribution in [1.82, 2.24) is 9.88 Å². The standard InChI is InChI=1S/C26H31N3O2S/c1-19(9-10-25(30)31)15-20-5-3-6-21(16-20)22-7-4-8-23(17-22)24-18-32-26(27-24)29-13-11-28(2)12-14-29/h3-8,16-19H,9-15H2,1-2H3,(H,30,31). The van der Waals surface area contributed by atoms with Crippen molar-refractivity contribution < 1.29 is 9.90 Å².